The fraction of sp³-hybridized carbons (Fsp3) is 0.350. The van der Waals surface area contributed by atoms with E-state index in [1.165, 1.54) is 17.1 Å². The number of hydrazone groups is 1. The monoisotopic (exact) mass is 427 g/mol. The van der Waals surface area contributed by atoms with Crippen molar-refractivity contribution in [3.63, 3.8) is 0 Å². The van der Waals surface area contributed by atoms with Crippen LogP contribution in [-0.4, -0.2) is 64.2 Å². The summed E-state index contributed by atoms with van der Waals surface area (Å²) in [7, 11) is 0. The summed E-state index contributed by atoms with van der Waals surface area (Å²) in [6.45, 7) is 1.86. The first-order chi connectivity index (χ1) is 15.0. The molecule has 3 aliphatic heterocycles. The summed E-state index contributed by atoms with van der Waals surface area (Å²) in [5, 5.41) is 8.14. The summed E-state index contributed by atoms with van der Waals surface area (Å²) < 4.78 is 27.3. The number of aromatic nitrogens is 2. The molecule has 1 N–H and O–H groups in total. The first-order valence-corrected chi connectivity index (χ1v) is 9.95. The van der Waals surface area contributed by atoms with Crippen LogP contribution in [0, 0.1) is 11.6 Å². The lowest BCUT2D eigenvalue weighted by atomic mass is 10.0. The molecule has 2 aromatic rings. The van der Waals surface area contributed by atoms with Crippen molar-refractivity contribution in [1.82, 2.24) is 19.9 Å². The van der Waals surface area contributed by atoms with E-state index in [4.69, 9.17) is 0 Å². The van der Waals surface area contributed by atoms with Gasteiger partial charge in [-0.3, -0.25) is 4.79 Å². The molecule has 160 valence electrons. The number of halogens is 2. The molecule has 1 unspecified atom stereocenters. The van der Waals surface area contributed by atoms with E-state index in [-0.39, 0.29) is 18.4 Å². The van der Waals surface area contributed by atoms with Gasteiger partial charge in [0.25, 0.3) is 0 Å². The van der Waals surface area contributed by atoms with Crippen molar-refractivity contribution >= 4 is 29.9 Å². The lowest BCUT2D eigenvalue weighted by molar-refractivity contribution is -0.115. The van der Waals surface area contributed by atoms with Gasteiger partial charge in [-0.2, -0.15) is 10.1 Å². The normalized spacial score (nSPS) is 20.3. The van der Waals surface area contributed by atoms with Gasteiger partial charge < -0.3 is 15.1 Å². The molecule has 4 heterocycles. The molecule has 31 heavy (non-hydrogen) atoms. The van der Waals surface area contributed by atoms with Crippen LogP contribution in [0.2, 0.25) is 0 Å². The molecule has 11 heteroatoms. The Kier molecular flexibility index (Phi) is 4.72. The summed E-state index contributed by atoms with van der Waals surface area (Å²) in [6, 6.07) is 2.40. The highest BCUT2D eigenvalue weighted by Gasteiger charge is 2.34. The maximum Gasteiger partial charge on any atom is 0.341 e. The van der Waals surface area contributed by atoms with Crippen molar-refractivity contribution in [3.8, 4) is 0 Å². The number of anilines is 2. The van der Waals surface area contributed by atoms with Crippen molar-refractivity contribution in [2.45, 2.75) is 18.9 Å². The van der Waals surface area contributed by atoms with E-state index >= 15 is 0 Å². The first kappa shape index (κ1) is 19.3. The Hall–Kier alpha value is -3.63. The first-order valence-electron chi connectivity index (χ1n) is 9.95. The van der Waals surface area contributed by atoms with Gasteiger partial charge in [0.1, 0.15) is 17.5 Å². The molecule has 0 spiro atoms. The SMILES string of the molecule is O=C1Cc2cnc(N3CCN(C(=O)N4N=CCC4c4cc(F)cc(F)c4)CC3)nc2N1. The fourth-order valence-electron chi connectivity index (χ4n) is 4.02. The minimum atomic E-state index is -0.687. The van der Waals surface area contributed by atoms with Crippen molar-refractivity contribution in [2.75, 3.05) is 36.4 Å². The van der Waals surface area contributed by atoms with Gasteiger partial charge in [-0.05, 0) is 17.7 Å². The number of amides is 3. The molecule has 0 aliphatic carbocycles. The average Bonchev–Trinajstić information content (AvgIpc) is 3.38. The third-order valence-corrected chi connectivity index (χ3v) is 5.59. The Morgan fingerprint density at radius 3 is 2.58 bits per heavy atom. The maximum absolute atomic E-state index is 13.6. The van der Waals surface area contributed by atoms with Gasteiger partial charge in [0.15, 0.2) is 0 Å². The average molecular weight is 427 g/mol. The second kappa shape index (κ2) is 7.56. The second-order valence-corrected chi connectivity index (χ2v) is 7.62. The zero-order valence-corrected chi connectivity index (χ0v) is 16.5. The summed E-state index contributed by atoms with van der Waals surface area (Å²) >= 11 is 0. The summed E-state index contributed by atoms with van der Waals surface area (Å²) in [4.78, 5) is 36.9. The van der Waals surface area contributed by atoms with Gasteiger partial charge >= 0.3 is 6.03 Å². The summed E-state index contributed by atoms with van der Waals surface area (Å²) in [5.41, 5.74) is 1.14. The molecular weight excluding hydrogens is 408 g/mol. The van der Waals surface area contributed by atoms with Crippen molar-refractivity contribution in [1.29, 1.82) is 0 Å². The highest BCUT2D eigenvalue weighted by atomic mass is 19.1. The van der Waals surface area contributed by atoms with Crippen LogP contribution < -0.4 is 10.2 Å². The van der Waals surface area contributed by atoms with Gasteiger partial charge in [-0.1, -0.05) is 0 Å². The lowest BCUT2D eigenvalue weighted by Crippen LogP contribution is -2.52. The van der Waals surface area contributed by atoms with Crippen LogP contribution in [0.3, 0.4) is 0 Å². The molecular formula is C20H19F2N7O2. The van der Waals surface area contributed by atoms with Gasteiger partial charge in [0, 0.05) is 56.6 Å². The zero-order valence-electron chi connectivity index (χ0n) is 16.5. The Bertz CT molecular complexity index is 1060. The van der Waals surface area contributed by atoms with Crippen LogP contribution in [0.4, 0.5) is 25.3 Å². The Labute approximate surface area is 176 Å². The molecule has 1 atom stereocenters. The molecule has 3 amide bonds. The zero-order chi connectivity index (χ0) is 21.5. The highest BCUT2D eigenvalue weighted by molar-refractivity contribution is 5.97. The Morgan fingerprint density at radius 2 is 1.84 bits per heavy atom. The number of hydrogen-bond acceptors (Lipinski definition) is 6. The number of carbonyl (C=O) groups is 2. The predicted molar refractivity (Wildman–Crippen MR) is 108 cm³/mol. The molecule has 5 rings (SSSR count). The molecule has 9 nitrogen and oxygen atoms in total. The van der Waals surface area contributed by atoms with Crippen LogP contribution in [-0.2, 0) is 11.2 Å². The standard InChI is InChI=1S/C20H19F2N7O2/c21-14-7-12(8-15(22)10-14)16-1-2-24-29(16)20(31)28-5-3-27(4-6-28)19-23-11-13-9-17(30)25-18(13)26-19/h2,7-8,10-11,16H,1,3-6,9H2,(H,23,25,26,30). The largest absolute Gasteiger partial charge is 0.341 e. The molecule has 0 radical (unpaired) electrons. The van der Waals surface area contributed by atoms with Crippen LogP contribution in [0.5, 0.6) is 0 Å². The predicted octanol–water partition coefficient (Wildman–Crippen LogP) is 1.92. The van der Waals surface area contributed by atoms with Crippen LogP contribution in [0.1, 0.15) is 23.6 Å². The van der Waals surface area contributed by atoms with Crippen LogP contribution in [0.25, 0.3) is 0 Å². The lowest BCUT2D eigenvalue weighted by Gasteiger charge is -2.37. The second-order valence-electron chi connectivity index (χ2n) is 7.62. The van der Waals surface area contributed by atoms with Crippen LogP contribution in [0.15, 0.2) is 29.5 Å². The van der Waals surface area contributed by atoms with Gasteiger partial charge in [-0.15, -0.1) is 0 Å². The van der Waals surface area contributed by atoms with E-state index in [0.717, 1.165) is 11.6 Å². The smallest absolute Gasteiger partial charge is 0.337 e. The number of nitrogens with one attached hydrogen (secondary N) is 1. The number of carbonyl (C=O) groups excluding carboxylic acids is 2. The van der Waals surface area contributed by atoms with E-state index in [1.54, 1.807) is 17.3 Å². The number of nitrogens with zero attached hydrogens (tertiary/aromatic N) is 6. The van der Waals surface area contributed by atoms with Gasteiger partial charge in [0.05, 0.1) is 12.5 Å². The van der Waals surface area contributed by atoms with Crippen molar-refractivity contribution < 1.29 is 18.4 Å². The quantitative estimate of drug-likeness (QED) is 0.791. The Balaban J connectivity index is 1.25. The Morgan fingerprint density at radius 1 is 1.10 bits per heavy atom. The molecule has 1 aromatic heterocycles. The van der Waals surface area contributed by atoms with Crippen molar-refractivity contribution in [3.05, 3.63) is 47.2 Å². The molecule has 0 saturated carbocycles. The molecule has 1 saturated heterocycles. The number of piperazine rings is 1. The minimum absolute atomic E-state index is 0.101. The summed E-state index contributed by atoms with van der Waals surface area (Å²) in [5.74, 6) is -0.442. The van der Waals surface area contributed by atoms with E-state index in [2.05, 4.69) is 20.4 Å². The maximum atomic E-state index is 13.6. The number of fused-ring (bicyclic) bond motifs is 1. The molecule has 1 aromatic carbocycles. The minimum Gasteiger partial charge on any atom is -0.337 e. The van der Waals surface area contributed by atoms with Gasteiger partial charge in [0.2, 0.25) is 11.9 Å². The summed E-state index contributed by atoms with van der Waals surface area (Å²) in [6.07, 6.45) is 3.90. The number of rotatable bonds is 2. The molecule has 3 aliphatic rings. The molecule has 0 bridgehead atoms. The van der Waals surface area contributed by atoms with Crippen molar-refractivity contribution in [2.24, 2.45) is 5.10 Å². The number of urea groups is 1. The van der Waals surface area contributed by atoms with Gasteiger partial charge in [-0.25, -0.2) is 23.6 Å². The van der Waals surface area contributed by atoms with E-state index in [1.807, 2.05) is 4.90 Å². The fourth-order valence-corrected chi connectivity index (χ4v) is 4.02. The van der Waals surface area contributed by atoms with E-state index in [9.17, 15) is 18.4 Å². The number of benzene rings is 1. The van der Waals surface area contributed by atoms with E-state index < -0.39 is 17.7 Å². The third kappa shape index (κ3) is 3.66. The third-order valence-electron chi connectivity index (χ3n) is 5.59. The number of hydrogen-bond donors (Lipinski definition) is 1. The molecule has 1 fully saturated rings. The van der Waals surface area contributed by atoms with Crippen LogP contribution >= 0.6 is 0 Å². The topological polar surface area (TPSA) is 94.0 Å². The van der Waals surface area contributed by atoms with E-state index in [0.29, 0.717) is 49.9 Å². The highest BCUT2D eigenvalue weighted by Crippen LogP contribution is 2.30.